The SMILES string of the molecule is O=C(NC[C@@H](O)c1cccc2ccccc12)c1ccc(-c2ccsc2)cc1. The molecule has 0 saturated carbocycles. The highest BCUT2D eigenvalue weighted by Crippen LogP contribution is 2.24. The smallest absolute Gasteiger partial charge is 0.251 e. The Kier molecular flexibility index (Phi) is 5.01. The second kappa shape index (κ2) is 7.74. The molecule has 0 bridgehead atoms. The van der Waals surface area contributed by atoms with Crippen molar-refractivity contribution in [3.63, 3.8) is 0 Å². The van der Waals surface area contributed by atoms with Crippen LogP contribution in [-0.2, 0) is 0 Å². The van der Waals surface area contributed by atoms with Crippen molar-refractivity contribution in [2.75, 3.05) is 6.54 Å². The Morgan fingerprint density at radius 1 is 0.926 bits per heavy atom. The summed E-state index contributed by atoms with van der Waals surface area (Å²) in [6.45, 7) is 0.166. The molecule has 4 aromatic rings. The van der Waals surface area contributed by atoms with Crippen molar-refractivity contribution >= 4 is 28.0 Å². The zero-order valence-corrected chi connectivity index (χ0v) is 15.4. The van der Waals surface area contributed by atoms with Gasteiger partial charge in [-0.2, -0.15) is 11.3 Å². The van der Waals surface area contributed by atoms with Crippen molar-refractivity contribution in [2.45, 2.75) is 6.10 Å². The fraction of sp³-hybridized carbons (Fsp3) is 0.0870. The first-order valence-corrected chi connectivity index (χ1v) is 9.73. The van der Waals surface area contributed by atoms with E-state index in [1.807, 2.05) is 72.1 Å². The average molecular weight is 373 g/mol. The van der Waals surface area contributed by atoms with Gasteiger partial charge in [0.05, 0.1) is 6.10 Å². The maximum atomic E-state index is 12.4. The second-order valence-electron chi connectivity index (χ2n) is 6.38. The zero-order chi connectivity index (χ0) is 18.6. The molecule has 1 aromatic heterocycles. The monoisotopic (exact) mass is 373 g/mol. The number of aliphatic hydroxyl groups is 1. The Bertz CT molecular complexity index is 1050. The zero-order valence-electron chi connectivity index (χ0n) is 14.6. The number of fused-ring (bicyclic) bond motifs is 1. The molecule has 4 rings (SSSR count). The third kappa shape index (κ3) is 3.77. The molecule has 0 radical (unpaired) electrons. The Labute approximate surface area is 161 Å². The summed E-state index contributed by atoms with van der Waals surface area (Å²) in [7, 11) is 0. The molecule has 2 N–H and O–H groups in total. The van der Waals surface area contributed by atoms with Crippen molar-refractivity contribution in [3.8, 4) is 11.1 Å². The Morgan fingerprint density at radius 3 is 2.48 bits per heavy atom. The van der Waals surface area contributed by atoms with Gasteiger partial charge in [-0.05, 0) is 56.4 Å². The number of hydrogen-bond donors (Lipinski definition) is 2. The van der Waals surface area contributed by atoms with Gasteiger partial charge in [0.1, 0.15) is 0 Å². The number of nitrogens with one attached hydrogen (secondary N) is 1. The van der Waals surface area contributed by atoms with Crippen molar-refractivity contribution in [2.24, 2.45) is 0 Å². The minimum Gasteiger partial charge on any atom is -0.387 e. The summed E-state index contributed by atoms with van der Waals surface area (Å²) in [5, 5.41) is 19.6. The largest absolute Gasteiger partial charge is 0.387 e. The quantitative estimate of drug-likeness (QED) is 0.515. The van der Waals surface area contributed by atoms with Gasteiger partial charge >= 0.3 is 0 Å². The lowest BCUT2D eigenvalue weighted by atomic mass is 10.0. The van der Waals surface area contributed by atoms with Gasteiger partial charge in [0.15, 0.2) is 0 Å². The van der Waals surface area contributed by atoms with E-state index in [0.717, 1.165) is 27.5 Å². The number of carbonyl (C=O) groups excluding carboxylic acids is 1. The number of rotatable bonds is 5. The third-order valence-corrected chi connectivity index (χ3v) is 5.32. The summed E-state index contributed by atoms with van der Waals surface area (Å²) < 4.78 is 0. The molecule has 3 aromatic carbocycles. The van der Waals surface area contributed by atoms with Crippen LogP contribution in [-0.4, -0.2) is 17.6 Å². The van der Waals surface area contributed by atoms with E-state index in [1.54, 1.807) is 11.3 Å². The summed E-state index contributed by atoms with van der Waals surface area (Å²) in [5.41, 5.74) is 3.64. The van der Waals surface area contributed by atoms with Gasteiger partial charge in [0, 0.05) is 12.1 Å². The molecule has 4 heteroatoms. The lowest BCUT2D eigenvalue weighted by Gasteiger charge is -2.15. The Balaban J connectivity index is 1.44. The standard InChI is InChI=1S/C23H19NO2S/c25-22(21-7-3-5-17-4-1-2-6-20(17)21)14-24-23(26)18-10-8-16(9-11-18)19-12-13-27-15-19/h1-13,15,22,25H,14H2,(H,24,26)/t22-/m1/s1. The summed E-state index contributed by atoms with van der Waals surface area (Å²) >= 11 is 1.65. The lowest BCUT2D eigenvalue weighted by Crippen LogP contribution is -2.28. The molecule has 3 nitrogen and oxygen atoms in total. The number of hydrogen-bond acceptors (Lipinski definition) is 3. The van der Waals surface area contributed by atoms with Gasteiger partial charge in [-0.3, -0.25) is 4.79 Å². The van der Waals surface area contributed by atoms with Crippen LogP contribution in [0.25, 0.3) is 21.9 Å². The Morgan fingerprint density at radius 2 is 1.70 bits per heavy atom. The topological polar surface area (TPSA) is 49.3 Å². The number of amides is 1. The molecule has 0 unspecified atom stereocenters. The first-order chi connectivity index (χ1) is 13.2. The van der Waals surface area contributed by atoms with E-state index in [9.17, 15) is 9.90 Å². The summed E-state index contributed by atoms with van der Waals surface area (Å²) in [6.07, 6.45) is -0.759. The van der Waals surface area contributed by atoms with Crippen molar-refractivity contribution in [1.82, 2.24) is 5.32 Å². The van der Waals surface area contributed by atoms with Crippen molar-refractivity contribution < 1.29 is 9.90 Å². The first-order valence-electron chi connectivity index (χ1n) is 8.79. The minimum absolute atomic E-state index is 0.166. The summed E-state index contributed by atoms with van der Waals surface area (Å²) in [4.78, 5) is 12.4. The van der Waals surface area contributed by atoms with E-state index in [1.165, 1.54) is 0 Å². The maximum Gasteiger partial charge on any atom is 0.251 e. The molecule has 0 aliphatic heterocycles. The van der Waals surface area contributed by atoms with Crippen molar-refractivity contribution in [3.05, 3.63) is 94.7 Å². The predicted octanol–water partition coefficient (Wildman–Crippen LogP) is 5.03. The normalized spacial score (nSPS) is 12.0. The van der Waals surface area contributed by atoms with Gasteiger partial charge < -0.3 is 10.4 Å². The highest BCUT2D eigenvalue weighted by Gasteiger charge is 2.13. The molecule has 27 heavy (non-hydrogen) atoms. The Hall–Kier alpha value is -2.95. The van der Waals surface area contributed by atoms with Crippen LogP contribution < -0.4 is 5.32 Å². The van der Waals surface area contributed by atoms with Crippen LogP contribution in [0.4, 0.5) is 0 Å². The van der Waals surface area contributed by atoms with Crippen LogP contribution in [0.2, 0.25) is 0 Å². The highest BCUT2D eigenvalue weighted by atomic mass is 32.1. The van der Waals surface area contributed by atoms with E-state index in [0.29, 0.717) is 5.56 Å². The van der Waals surface area contributed by atoms with Crippen LogP contribution in [0.3, 0.4) is 0 Å². The molecule has 134 valence electrons. The molecule has 1 amide bonds. The molecule has 0 spiro atoms. The summed E-state index contributed by atoms with van der Waals surface area (Å²) in [6, 6.07) is 23.3. The number of benzene rings is 3. The molecule has 0 aliphatic carbocycles. The summed E-state index contributed by atoms with van der Waals surface area (Å²) in [5.74, 6) is -0.189. The van der Waals surface area contributed by atoms with Gasteiger partial charge in [-0.15, -0.1) is 0 Å². The number of aliphatic hydroxyl groups excluding tert-OH is 1. The van der Waals surface area contributed by atoms with Gasteiger partial charge in [0.2, 0.25) is 0 Å². The third-order valence-electron chi connectivity index (χ3n) is 4.64. The van der Waals surface area contributed by atoms with Crippen LogP contribution in [0.5, 0.6) is 0 Å². The fourth-order valence-electron chi connectivity index (χ4n) is 3.19. The van der Waals surface area contributed by atoms with Crippen LogP contribution in [0.1, 0.15) is 22.0 Å². The molecule has 1 atom stereocenters. The van der Waals surface area contributed by atoms with Gasteiger partial charge in [-0.25, -0.2) is 0 Å². The predicted molar refractivity (Wildman–Crippen MR) is 111 cm³/mol. The fourth-order valence-corrected chi connectivity index (χ4v) is 3.85. The van der Waals surface area contributed by atoms with E-state index in [-0.39, 0.29) is 12.5 Å². The number of thiophene rings is 1. The van der Waals surface area contributed by atoms with Crippen LogP contribution in [0.15, 0.2) is 83.6 Å². The van der Waals surface area contributed by atoms with Gasteiger partial charge in [0.25, 0.3) is 5.91 Å². The van der Waals surface area contributed by atoms with E-state index < -0.39 is 6.10 Å². The first kappa shape index (κ1) is 17.5. The van der Waals surface area contributed by atoms with Crippen LogP contribution in [0, 0.1) is 0 Å². The minimum atomic E-state index is -0.759. The second-order valence-corrected chi connectivity index (χ2v) is 7.16. The molecule has 0 saturated heterocycles. The average Bonchev–Trinajstić information content (AvgIpc) is 3.26. The molecule has 0 aliphatic rings. The molecule has 1 heterocycles. The van der Waals surface area contributed by atoms with Crippen molar-refractivity contribution in [1.29, 1.82) is 0 Å². The van der Waals surface area contributed by atoms with Crippen LogP contribution >= 0.6 is 11.3 Å². The van der Waals surface area contributed by atoms with E-state index >= 15 is 0 Å². The molecular weight excluding hydrogens is 354 g/mol. The maximum absolute atomic E-state index is 12.4. The molecular formula is C23H19NO2S. The lowest BCUT2D eigenvalue weighted by molar-refractivity contribution is 0.0917. The highest BCUT2D eigenvalue weighted by molar-refractivity contribution is 7.08. The van der Waals surface area contributed by atoms with E-state index in [2.05, 4.69) is 16.8 Å². The van der Waals surface area contributed by atoms with E-state index in [4.69, 9.17) is 0 Å². The van der Waals surface area contributed by atoms with Gasteiger partial charge in [-0.1, -0.05) is 54.6 Å². The molecule has 0 fully saturated rings. The number of carbonyl (C=O) groups is 1.